The molecular weight excluding hydrogens is 339 g/mol. The van der Waals surface area contributed by atoms with E-state index in [9.17, 15) is 14.0 Å². The van der Waals surface area contributed by atoms with Crippen LogP contribution >= 0.6 is 0 Å². The number of piperidine rings is 1. The molecule has 1 aliphatic rings. The van der Waals surface area contributed by atoms with Gasteiger partial charge in [0.05, 0.1) is 11.6 Å². The Kier molecular flexibility index (Phi) is 6.31. The molecule has 0 radical (unpaired) electrons. The van der Waals surface area contributed by atoms with Crippen molar-refractivity contribution >= 4 is 23.3 Å². The molecule has 1 fully saturated rings. The lowest BCUT2D eigenvalue weighted by atomic mass is 10.1. The normalized spacial score (nSPS) is 15.2. The molecule has 2 aromatic rings. The number of carbonyl (C=O) groups is 2. The summed E-state index contributed by atoms with van der Waals surface area (Å²) in [6.45, 7) is 7.81. The van der Waals surface area contributed by atoms with Crippen LogP contribution in [0.25, 0.3) is 10.9 Å². The van der Waals surface area contributed by atoms with Crippen molar-refractivity contribution in [2.75, 3.05) is 13.1 Å². The van der Waals surface area contributed by atoms with Gasteiger partial charge in [0.15, 0.2) is 0 Å². The van der Waals surface area contributed by atoms with Crippen molar-refractivity contribution in [3.8, 4) is 0 Å². The van der Waals surface area contributed by atoms with Gasteiger partial charge in [0.2, 0.25) is 0 Å². The van der Waals surface area contributed by atoms with Crippen LogP contribution in [0.4, 0.5) is 4.39 Å². The molecule has 3 N–H and O–H groups in total. The van der Waals surface area contributed by atoms with Crippen molar-refractivity contribution in [2.45, 2.75) is 45.3 Å². The monoisotopic (exact) mass is 364 g/mol. The van der Waals surface area contributed by atoms with E-state index in [1.165, 1.54) is 6.07 Å². The van der Waals surface area contributed by atoms with Crippen LogP contribution in [0.3, 0.4) is 0 Å². The van der Waals surface area contributed by atoms with E-state index in [4.69, 9.17) is 5.73 Å². The predicted octanol–water partition coefficient (Wildman–Crippen LogP) is 2.16. The Morgan fingerprint density at radius 1 is 1.38 bits per heavy atom. The Morgan fingerprint density at radius 3 is 2.54 bits per heavy atom. The molecule has 8 heteroatoms. The Balaban J connectivity index is 0.000000298. The number of hydrogen-bond acceptors (Lipinski definition) is 5. The summed E-state index contributed by atoms with van der Waals surface area (Å²) in [7, 11) is 0. The van der Waals surface area contributed by atoms with Gasteiger partial charge >= 0.3 is 0 Å². The van der Waals surface area contributed by atoms with Crippen molar-refractivity contribution in [1.82, 2.24) is 15.1 Å². The maximum absolute atomic E-state index is 13.5. The molecule has 0 unspecified atom stereocenters. The van der Waals surface area contributed by atoms with Crippen LogP contribution in [-0.2, 0) is 9.53 Å². The second-order valence-corrected chi connectivity index (χ2v) is 7.17. The van der Waals surface area contributed by atoms with Crippen LogP contribution in [0.15, 0.2) is 18.3 Å². The van der Waals surface area contributed by atoms with Gasteiger partial charge in [0.25, 0.3) is 12.4 Å². The Morgan fingerprint density at radius 2 is 2.04 bits per heavy atom. The minimum absolute atomic E-state index is 0.141. The van der Waals surface area contributed by atoms with E-state index in [1.54, 1.807) is 6.20 Å². The molecule has 1 amide bonds. The van der Waals surface area contributed by atoms with Crippen molar-refractivity contribution in [3.05, 3.63) is 29.7 Å². The lowest BCUT2D eigenvalue weighted by molar-refractivity contribution is -0.138. The van der Waals surface area contributed by atoms with Crippen LogP contribution in [0.1, 0.15) is 50.0 Å². The molecule has 0 spiro atoms. The van der Waals surface area contributed by atoms with Gasteiger partial charge in [-0.3, -0.25) is 14.3 Å². The van der Waals surface area contributed by atoms with Crippen molar-refractivity contribution in [1.29, 1.82) is 0 Å². The number of fused-ring (bicyclic) bond motifs is 1. The number of carbonyl (C=O) groups excluding carboxylic acids is 2. The zero-order valence-electron chi connectivity index (χ0n) is 15.3. The zero-order valence-corrected chi connectivity index (χ0v) is 15.3. The fraction of sp³-hybridized carbons (Fsp3) is 0.500. The van der Waals surface area contributed by atoms with E-state index < -0.39 is 11.7 Å². The molecule has 2 heterocycles. The fourth-order valence-electron chi connectivity index (χ4n) is 2.71. The summed E-state index contributed by atoms with van der Waals surface area (Å²) < 4.78 is 19.8. The number of nitrogens with zero attached hydrogens (tertiary/aromatic N) is 2. The van der Waals surface area contributed by atoms with Gasteiger partial charge in [-0.05, 0) is 58.8 Å². The summed E-state index contributed by atoms with van der Waals surface area (Å²) in [5, 5.41) is 8.32. The molecule has 1 aliphatic heterocycles. The summed E-state index contributed by atoms with van der Waals surface area (Å²) >= 11 is 0. The van der Waals surface area contributed by atoms with E-state index in [0.29, 0.717) is 17.4 Å². The molecule has 1 saturated heterocycles. The number of nitrogens with two attached hydrogens (primary N) is 1. The summed E-state index contributed by atoms with van der Waals surface area (Å²) in [6.07, 6.45) is 3.74. The summed E-state index contributed by atoms with van der Waals surface area (Å²) in [5.74, 6) is -1.12. The minimum atomic E-state index is -0.653. The predicted molar refractivity (Wildman–Crippen MR) is 96.3 cm³/mol. The van der Waals surface area contributed by atoms with Crippen LogP contribution in [-0.4, -0.2) is 40.9 Å². The Hall–Kier alpha value is -2.48. The second-order valence-electron chi connectivity index (χ2n) is 7.17. The van der Waals surface area contributed by atoms with Crippen LogP contribution in [0.5, 0.6) is 0 Å². The third-order valence-electron chi connectivity index (χ3n) is 3.94. The highest BCUT2D eigenvalue weighted by molar-refractivity contribution is 6.04. The molecule has 1 aromatic carbocycles. The Bertz CT molecular complexity index is 777. The molecule has 0 saturated carbocycles. The van der Waals surface area contributed by atoms with Gasteiger partial charge in [0.1, 0.15) is 16.9 Å². The van der Waals surface area contributed by atoms with Crippen molar-refractivity contribution in [3.63, 3.8) is 0 Å². The first-order chi connectivity index (χ1) is 12.2. The van der Waals surface area contributed by atoms with Crippen molar-refractivity contribution < 1.29 is 18.7 Å². The summed E-state index contributed by atoms with van der Waals surface area (Å²) in [4.78, 5) is 20.9. The molecule has 26 heavy (non-hydrogen) atoms. The summed E-state index contributed by atoms with van der Waals surface area (Å²) in [5.41, 5.74) is 5.57. The van der Waals surface area contributed by atoms with E-state index in [-0.39, 0.29) is 17.2 Å². The van der Waals surface area contributed by atoms with Gasteiger partial charge in [0, 0.05) is 11.6 Å². The maximum Gasteiger partial charge on any atom is 0.293 e. The molecule has 142 valence electrons. The zero-order chi connectivity index (χ0) is 19.3. The number of amides is 1. The lowest BCUT2D eigenvalue weighted by Crippen LogP contribution is -2.29. The first-order valence-corrected chi connectivity index (χ1v) is 8.51. The molecule has 1 aromatic heterocycles. The fourth-order valence-corrected chi connectivity index (χ4v) is 2.71. The number of benzene rings is 1. The lowest BCUT2D eigenvalue weighted by Gasteiger charge is -2.22. The van der Waals surface area contributed by atoms with Gasteiger partial charge in [-0.25, -0.2) is 4.39 Å². The van der Waals surface area contributed by atoms with Crippen LogP contribution in [0, 0.1) is 5.82 Å². The topological polar surface area (TPSA) is 99.2 Å². The molecule has 3 rings (SSSR count). The standard InChI is InChI=1S/C13H15FN4O.C5H10O2/c14-9-5-8-7-18(10-1-3-16-4-2-10)17-12(8)11(6-9)13(15)19;1-5(2,3)7-4-6/h5-7,10,16H,1-4H2,(H2,15,19);4H,1-3H3. The number of nitrogens with one attached hydrogen (secondary N) is 1. The van der Waals surface area contributed by atoms with E-state index >= 15 is 0 Å². The number of aromatic nitrogens is 2. The highest BCUT2D eigenvalue weighted by atomic mass is 19.1. The van der Waals surface area contributed by atoms with Gasteiger partial charge in [-0.15, -0.1) is 0 Å². The number of hydrogen-bond donors (Lipinski definition) is 2. The Labute approximate surface area is 151 Å². The molecule has 7 nitrogen and oxygen atoms in total. The van der Waals surface area contributed by atoms with Gasteiger partial charge < -0.3 is 15.8 Å². The number of ether oxygens (including phenoxy) is 1. The largest absolute Gasteiger partial charge is 0.462 e. The van der Waals surface area contributed by atoms with E-state index in [1.807, 2.05) is 25.5 Å². The first kappa shape index (κ1) is 19.8. The third kappa shape index (κ3) is 5.26. The third-order valence-corrected chi connectivity index (χ3v) is 3.94. The highest BCUT2D eigenvalue weighted by Gasteiger charge is 2.19. The minimum Gasteiger partial charge on any atom is -0.462 e. The molecular formula is C18H25FN4O3. The van der Waals surface area contributed by atoms with Gasteiger partial charge in [-0.1, -0.05) is 0 Å². The average molecular weight is 364 g/mol. The highest BCUT2D eigenvalue weighted by Crippen LogP contribution is 2.24. The molecule has 0 bridgehead atoms. The molecule has 0 atom stereocenters. The number of halogens is 1. The quantitative estimate of drug-likeness (QED) is 0.813. The van der Waals surface area contributed by atoms with Crippen LogP contribution in [0.2, 0.25) is 0 Å². The van der Waals surface area contributed by atoms with Crippen LogP contribution < -0.4 is 11.1 Å². The second kappa shape index (κ2) is 8.27. The summed E-state index contributed by atoms with van der Waals surface area (Å²) in [6, 6.07) is 2.81. The number of rotatable bonds is 3. The average Bonchev–Trinajstić information content (AvgIpc) is 2.98. The van der Waals surface area contributed by atoms with Gasteiger partial charge in [-0.2, -0.15) is 5.10 Å². The van der Waals surface area contributed by atoms with E-state index in [2.05, 4.69) is 15.2 Å². The first-order valence-electron chi connectivity index (χ1n) is 8.51. The smallest absolute Gasteiger partial charge is 0.293 e. The molecule has 0 aliphatic carbocycles. The van der Waals surface area contributed by atoms with E-state index in [0.717, 1.165) is 32.0 Å². The van der Waals surface area contributed by atoms with Crippen molar-refractivity contribution in [2.24, 2.45) is 5.73 Å². The number of primary amides is 1. The SMILES string of the molecule is CC(C)(C)OC=O.NC(=O)c1cc(F)cc2cn(C3CCNCC3)nc12. The maximum atomic E-state index is 13.5.